The Morgan fingerprint density at radius 1 is 1.20 bits per heavy atom. The highest BCUT2D eigenvalue weighted by molar-refractivity contribution is 5.61. The summed E-state index contributed by atoms with van der Waals surface area (Å²) in [6.07, 6.45) is 12.8. The first-order chi connectivity index (χ1) is 14.4. The summed E-state index contributed by atoms with van der Waals surface area (Å²) in [5, 5.41) is 16.2. The first-order valence-corrected chi connectivity index (χ1v) is 11.9. The van der Waals surface area contributed by atoms with E-state index in [-0.39, 0.29) is 11.5 Å². The van der Waals surface area contributed by atoms with Crippen molar-refractivity contribution >= 4 is 6.08 Å². The molecule has 1 heterocycles. The van der Waals surface area contributed by atoms with Gasteiger partial charge in [0.2, 0.25) is 0 Å². The third-order valence-electron chi connectivity index (χ3n) is 9.44. The van der Waals surface area contributed by atoms with E-state index in [1.807, 2.05) is 0 Å². The predicted octanol–water partition coefficient (Wildman–Crippen LogP) is 5.72. The quantitative estimate of drug-likeness (QED) is 0.662. The summed E-state index contributed by atoms with van der Waals surface area (Å²) in [6.45, 7) is 7.05. The zero-order valence-corrected chi connectivity index (χ0v) is 18.6. The van der Waals surface area contributed by atoms with Crippen LogP contribution in [0.15, 0.2) is 36.0 Å². The van der Waals surface area contributed by atoms with E-state index in [0.717, 1.165) is 24.4 Å². The van der Waals surface area contributed by atoms with Gasteiger partial charge in [-0.1, -0.05) is 38.0 Å². The van der Waals surface area contributed by atoms with Crippen molar-refractivity contribution in [1.82, 2.24) is 9.78 Å². The number of aliphatic hydroxyl groups is 1. The zero-order chi connectivity index (χ0) is 20.7. The fraction of sp³-hybridized carbons (Fsp3) is 0.593. The van der Waals surface area contributed by atoms with Gasteiger partial charge in [-0.3, -0.25) is 0 Å². The largest absolute Gasteiger partial charge is 0.393 e. The van der Waals surface area contributed by atoms with Gasteiger partial charge in [-0.05, 0) is 103 Å². The molecule has 4 aliphatic rings. The maximum atomic E-state index is 11.4. The molecule has 6 atom stereocenters. The van der Waals surface area contributed by atoms with E-state index < -0.39 is 0 Å². The molecule has 0 bridgehead atoms. The minimum atomic E-state index is -0.170. The molecule has 30 heavy (non-hydrogen) atoms. The fourth-order valence-electron chi connectivity index (χ4n) is 8.16. The van der Waals surface area contributed by atoms with Crippen molar-refractivity contribution in [3.63, 3.8) is 0 Å². The van der Waals surface area contributed by atoms with Gasteiger partial charge in [0, 0.05) is 0 Å². The third kappa shape index (κ3) is 2.51. The second-order valence-electron chi connectivity index (χ2n) is 11.2. The monoisotopic (exact) mass is 402 g/mol. The van der Waals surface area contributed by atoms with Gasteiger partial charge in [0.25, 0.3) is 0 Å². The Morgan fingerprint density at radius 2 is 2.07 bits per heavy atom. The smallest absolute Gasteiger partial charge is 0.0700 e. The molecule has 1 N–H and O–H groups in total. The van der Waals surface area contributed by atoms with Crippen molar-refractivity contribution in [3.05, 3.63) is 52.9 Å². The van der Waals surface area contributed by atoms with Gasteiger partial charge in [0.15, 0.2) is 0 Å². The highest BCUT2D eigenvalue weighted by Crippen LogP contribution is 2.65. The van der Waals surface area contributed by atoms with Crippen LogP contribution in [-0.4, -0.2) is 21.0 Å². The van der Waals surface area contributed by atoms with Gasteiger partial charge >= 0.3 is 0 Å². The highest BCUT2D eigenvalue weighted by atomic mass is 16.3. The molecule has 0 spiro atoms. The van der Waals surface area contributed by atoms with Crippen LogP contribution in [0.3, 0.4) is 0 Å². The number of aromatic nitrogens is 2. The van der Waals surface area contributed by atoms with Crippen molar-refractivity contribution in [2.45, 2.75) is 71.8 Å². The van der Waals surface area contributed by atoms with Crippen molar-refractivity contribution in [1.29, 1.82) is 0 Å². The van der Waals surface area contributed by atoms with Crippen LogP contribution in [0.4, 0.5) is 0 Å². The van der Waals surface area contributed by atoms with E-state index in [0.29, 0.717) is 17.3 Å². The number of allylic oxidation sites excluding steroid dienone is 1. The molecular formula is C27H34N2O. The van der Waals surface area contributed by atoms with Crippen LogP contribution < -0.4 is 0 Å². The molecule has 3 nitrogen and oxygen atoms in total. The Kier molecular flexibility index (Phi) is 3.98. The van der Waals surface area contributed by atoms with E-state index in [4.69, 9.17) is 5.10 Å². The summed E-state index contributed by atoms with van der Waals surface area (Å²) in [5.41, 5.74) is 6.98. The molecule has 0 radical (unpaired) electrons. The second kappa shape index (κ2) is 6.32. The summed E-state index contributed by atoms with van der Waals surface area (Å²) in [4.78, 5) is 0. The van der Waals surface area contributed by atoms with Crippen molar-refractivity contribution in [2.24, 2.45) is 28.6 Å². The average molecular weight is 403 g/mol. The molecular weight excluding hydrogens is 368 g/mol. The summed E-state index contributed by atoms with van der Waals surface area (Å²) in [5.74, 6) is 1.88. The molecule has 1 aromatic carbocycles. The number of rotatable bonds is 1. The van der Waals surface area contributed by atoms with Crippen LogP contribution in [0, 0.1) is 35.5 Å². The van der Waals surface area contributed by atoms with Gasteiger partial charge in [-0.15, -0.1) is 0 Å². The minimum Gasteiger partial charge on any atom is -0.393 e. The van der Waals surface area contributed by atoms with Crippen LogP contribution in [-0.2, 0) is 6.42 Å². The maximum Gasteiger partial charge on any atom is 0.0700 e. The lowest BCUT2D eigenvalue weighted by Gasteiger charge is -2.59. The van der Waals surface area contributed by atoms with Crippen molar-refractivity contribution in [2.75, 3.05) is 0 Å². The lowest BCUT2D eigenvalue weighted by Crippen LogP contribution is -2.55. The summed E-state index contributed by atoms with van der Waals surface area (Å²) >= 11 is 0. The van der Waals surface area contributed by atoms with Gasteiger partial charge < -0.3 is 5.11 Å². The summed E-state index contributed by atoms with van der Waals surface area (Å²) in [6, 6.07) is 8.61. The van der Waals surface area contributed by atoms with Crippen LogP contribution in [0.1, 0.15) is 69.2 Å². The SMILES string of the molecule is Cc1cccc(-n2ncc3c2C=C2CCC4C5CCCC5(C)CC(O)C4C2(C)C3)c1. The molecule has 6 unspecified atom stereocenters. The van der Waals surface area contributed by atoms with E-state index in [2.05, 4.69) is 62.0 Å². The Labute approximate surface area is 180 Å². The van der Waals surface area contributed by atoms with Gasteiger partial charge in [-0.25, -0.2) is 4.68 Å². The molecule has 6 rings (SSSR count). The van der Waals surface area contributed by atoms with E-state index >= 15 is 0 Å². The Bertz CT molecular complexity index is 1040. The van der Waals surface area contributed by atoms with Crippen LogP contribution >= 0.6 is 0 Å². The van der Waals surface area contributed by atoms with Gasteiger partial charge in [0.1, 0.15) is 0 Å². The molecule has 158 valence electrons. The van der Waals surface area contributed by atoms with Crippen LogP contribution in [0.2, 0.25) is 0 Å². The summed E-state index contributed by atoms with van der Waals surface area (Å²) in [7, 11) is 0. The molecule has 0 aliphatic heterocycles. The minimum absolute atomic E-state index is 0.0692. The molecule has 1 aromatic heterocycles. The third-order valence-corrected chi connectivity index (χ3v) is 9.44. The molecule has 3 heteroatoms. The first-order valence-electron chi connectivity index (χ1n) is 11.9. The predicted molar refractivity (Wildman–Crippen MR) is 120 cm³/mol. The fourth-order valence-corrected chi connectivity index (χ4v) is 8.16. The molecule has 3 saturated carbocycles. The summed E-state index contributed by atoms with van der Waals surface area (Å²) < 4.78 is 2.12. The molecule has 0 amide bonds. The number of benzene rings is 1. The maximum absolute atomic E-state index is 11.4. The molecule has 3 fully saturated rings. The lowest BCUT2D eigenvalue weighted by atomic mass is 9.46. The van der Waals surface area contributed by atoms with E-state index in [9.17, 15) is 5.11 Å². The van der Waals surface area contributed by atoms with Gasteiger partial charge in [-0.2, -0.15) is 5.10 Å². The highest BCUT2D eigenvalue weighted by Gasteiger charge is 2.59. The normalized spacial score (nSPS) is 39.5. The number of aliphatic hydroxyl groups excluding tert-OH is 1. The van der Waals surface area contributed by atoms with E-state index in [1.54, 1.807) is 5.57 Å². The lowest BCUT2D eigenvalue weighted by molar-refractivity contribution is -0.114. The van der Waals surface area contributed by atoms with Crippen molar-refractivity contribution < 1.29 is 5.11 Å². The number of nitrogens with zero attached hydrogens (tertiary/aromatic N) is 2. The zero-order valence-electron chi connectivity index (χ0n) is 18.6. The first kappa shape index (κ1) is 18.9. The topological polar surface area (TPSA) is 38.0 Å². The molecule has 4 aliphatic carbocycles. The number of fused-ring (bicyclic) bond motifs is 6. The van der Waals surface area contributed by atoms with Crippen LogP contribution in [0.5, 0.6) is 0 Å². The standard InChI is InChI=1S/C27H34N2O/c1-17-6-4-7-20(12-17)29-23-13-19-9-10-21-22-8-5-11-26(22,2)15-24(30)25(21)27(19,3)14-18(23)16-28-29/h4,6-7,12-13,16,21-22,24-25,30H,5,8-11,14-15H2,1-3H3. The molecule has 2 aromatic rings. The Hall–Kier alpha value is -1.87. The molecule has 0 saturated heterocycles. The number of hydrogen-bond donors (Lipinski definition) is 1. The van der Waals surface area contributed by atoms with Crippen LogP contribution in [0.25, 0.3) is 11.8 Å². The Morgan fingerprint density at radius 3 is 2.90 bits per heavy atom. The number of hydrogen-bond acceptors (Lipinski definition) is 2. The second-order valence-corrected chi connectivity index (χ2v) is 11.2. The van der Waals surface area contributed by atoms with E-state index in [1.165, 1.54) is 48.9 Å². The average Bonchev–Trinajstić information content (AvgIpc) is 3.28. The van der Waals surface area contributed by atoms with Gasteiger partial charge in [0.05, 0.1) is 23.7 Å². The Balaban J connectivity index is 1.41. The van der Waals surface area contributed by atoms with Crippen molar-refractivity contribution in [3.8, 4) is 5.69 Å². The number of aryl methyl sites for hydroxylation is 1.